The minimum absolute atomic E-state index is 0.0847. The summed E-state index contributed by atoms with van der Waals surface area (Å²) in [6.07, 6.45) is 0. The van der Waals surface area contributed by atoms with Gasteiger partial charge in [0, 0.05) is 11.3 Å². The zero-order valence-electron chi connectivity index (χ0n) is 9.87. The Hall–Kier alpha value is -2.56. The summed E-state index contributed by atoms with van der Waals surface area (Å²) >= 11 is 0. The summed E-state index contributed by atoms with van der Waals surface area (Å²) in [5.74, 6) is -0.186. The Bertz CT molecular complexity index is 507. The van der Waals surface area contributed by atoms with Crippen LogP contribution in [0.5, 0.6) is 0 Å². The SMILES string of the molecule is CC1C(=C(C#N)C#N)C(C)(C)C1=C(C#N)C#N. The van der Waals surface area contributed by atoms with Crippen molar-refractivity contribution in [1.29, 1.82) is 21.0 Å². The fraction of sp³-hybridized carbons (Fsp3) is 0.385. The number of allylic oxidation sites excluding steroid dienone is 4. The van der Waals surface area contributed by atoms with Crippen molar-refractivity contribution in [3.8, 4) is 24.3 Å². The minimum Gasteiger partial charge on any atom is -0.192 e. The molecule has 0 radical (unpaired) electrons. The molecule has 0 N–H and O–H groups in total. The predicted octanol–water partition coefficient (Wildman–Crippen LogP) is 2.35. The van der Waals surface area contributed by atoms with Crippen LogP contribution in [0.15, 0.2) is 22.3 Å². The number of rotatable bonds is 0. The molecule has 0 aromatic heterocycles. The molecule has 0 aliphatic heterocycles. The fourth-order valence-electron chi connectivity index (χ4n) is 2.64. The second kappa shape index (κ2) is 4.13. The number of hydrogen-bond acceptors (Lipinski definition) is 4. The molecule has 17 heavy (non-hydrogen) atoms. The monoisotopic (exact) mass is 222 g/mol. The summed E-state index contributed by atoms with van der Waals surface area (Å²) in [5.41, 5.74) is 1.03. The van der Waals surface area contributed by atoms with Gasteiger partial charge in [0.2, 0.25) is 0 Å². The Balaban J connectivity index is 3.50. The zero-order chi connectivity index (χ0) is 13.2. The van der Waals surface area contributed by atoms with Gasteiger partial charge in [-0.3, -0.25) is 0 Å². The quantitative estimate of drug-likeness (QED) is 0.587. The molecule has 0 saturated heterocycles. The molecule has 0 aromatic rings. The van der Waals surface area contributed by atoms with Crippen molar-refractivity contribution >= 4 is 0 Å². The standard InChI is InChI=1S/C13H10N4/c1-8-11(9(4-14)5-15)13(2,3)12(8)10(6-16)7-17/h8H,1-3H3. The van der Waals surface area contributed by atoms with Crippen molar-refractivity contribution in [1.82, 2.24) is 0 Å². The van der Waals surface area contributed by atoms with Crippen LogP contribution >= 0.6 is 0 Å². The maximum absolute atomic E-state index is 8.87. The van der Waals surface area contributed by atoms with Gasteiger partial charge in [-0.25, -0.2) is 0 Å². The third-order valence-corrected chi connectivity index (χ3v) is 3.20. The van der Waals surface area contributed by atoms with Gasteiger partial charge >= 0.3 is 0 Å². The van der Waals surface area contributed by atoms with Gasteiger partial charge in [-0.2, -0.15) is 21.0 Å². The van der Waals surface area contributed by atoms with E-state index in [4.69, 9.17) is 21.0 Å². The van der Waals surface area contributed by atoms with E-state index in [1.807, 2.05) is 38.1 Å². The van der Waals surface area contributed by atoms with Gasteiger partial charge < -0.3 is 0 Å². The molecule has 1 fully saturated rings. The lowest BCUT2D eigenvalue weighted by molar-refractivity contribution is 0.351. The Morgan fingerprint density at radius 2 is 1.18 bits per heavy atom. The molecule has 0 atom stereocenters. The topological polar surface area (TPSA) is 95.2 Å². The fourth-order valence-corrected chi connectivity index (χ4v) is 2.64. The summed E-state index contributed by atoms with van der Waals surface area (Å²) in [4.78, 5) is 0. The molecule has 0 aromatic carbocycles. The van der Waals surface area contributed by atoms with Gasteiger partial charge in [0.15, 0.2) is 0 Å². The smallest absolute Gasteiger partial charge is 0.130 e. The Labute approximate surface area is 100 Å². The van der Waals surface area contributed by atoms with E-state index in [9.17, 15) is 0 Å². The lowest BCUT2D eigenvalue weighted by atomic mass is 9.54. The van der Waals surface area contributed by atoms with E-state index >= 15 is 0 Å². The van der Waals surface area contributed by atoms with Crippen LogP contribution in [0.4, 0.5) is 0 Å². The van der Waals surface area contributed by atoms with Crippen LogP contribution in [0, 0.1) is 56.7 Å². The Morgan fingerprint density at radius 1 is 0.882 bits per heavy atom. The highest BCUT2D eigenvalue weighted by Crippen LogP contribution is 2.57. The Morgan fingerprint density at radius 3 is 1.35 bits per heavy atom. The van der Waals surface area contributed by atoms with Crippen LogP contribution in [-0.4, -0.2) is 0 Å². The number of nitrogens with zero attached hydrogens (tertiary/aromatic N) is 4. The summed E-state index contributed by atoms with van der Waals surface area (Å²) < 4.78 is 0. The second-order valence-electron chi connectivity index (χ2n) is 4.37. The van der Waals surface area contributed by atoms with Crippen molar-refractivity contribution in [3.63, 3.8) is 0 Å². The molecule has 82 valence electrons. The molecular weight excluding hydrogens is 212 g/mol. The first-order valence-electron chi connectivity index (χ1n) is 5.05. The molecule has 1 saturated carbocycles. The number of nitriles is 4. The number of hydrogen-bond donors (Lipinski definition) is 0. The van der Waals surface area contributed by atoms with Crippen LogP contribution in [-0.2, 0) is 0 Å². The van der Waals surface area contributed by atoms with Gasteiger partial charge in [0.25, 0.3) is 0 Å². The highest BCUT2D eigenvalue weighted by Gasteiger charge is 2.48. The Kier molecular flexibility index (Phi) is 3.04. The largest absolute Gasteiger partial charge is 0.192 e. The van der Waals surface area contributed by atoms with Crippen LogP contribution in [0.1, 0.15) is 20.8 Å². The van der Waals surface area contributed by atoms with Crippen molar-refractivity contribution in [2.45, 2.75) is 20.8 Å². The third kappa shape index (κ3) is 1.57. The van der Waals surface area contributed by atoms with Gasteiger partial charge in [-0.15, -0.1) is 0 Å². The first-order valence-corrected chi connectivity index (χ1v) is 5.05. The van der Waals surface area contributed by atoms with E-state index in [0.29, 0.717) is 11.1 Å². The van der Waals surface area contributed by atoms with Crippen molar-refractivity contribution in [2.75, 3.05) is 0 Å². The molecule has 0 unspecified atom stereocenters. The molecule has 4 nitrogen and oxygen atoms in total. The van der Waals surface area contributed by atoms with Crippen molar-refractivity contribution < 1.29 is 0 Å². The van der Waals surface area contributed by atoms with E-state index in [2.05, 4.69) is 0 Å². The molecule has 0 bridgehead atoms. The minimum atomic E-state index is -0.555. The van der Waals surface area contributed by atoms with Gasteiger partial charge in [-0.1, -0.05) is 20.8 Å². The maximum Gasteiger partial charge on any atom is 0.130 e. The average molecular weight is 222 g/mol. The molecule has 1 rings (SSSR count). The van der Waals surface area contributed by atoms with Crippen LogP contribution in [0.25, 0.3) is 0 Å². The normalized spacial score (nSPS) is 16.9. The average Bonchev–Trinajstić information content (AvgIpc) is 2.31. The summed E-state index contributed by atoms with van der Waals surface area (Å²) in [6, 6.07) is 7.46. The lowest BCUT2D eigenvalue weighted by Crippen LogP contribution is -2.39. The predicted molar refractivity (Wildman–Crippen MR) is 59.4 cm³/mol. The summed E-state index contributed by atoms with van der Waals surface area (Å²) in [6.45, 7) is 5.45. The van der Waals surface area contributed by atoms with E-state index in [1.54, 1.807) is 6.92 Å². The highest BCUT2D eigenvalue weighted by molar-refractivity contribution is 5.61. The van der Waals surface area contributed by atoms with Crippen LogP contribution < -0.4 is 0 Å². The highest BCUT2D eigenvalue weighted by atomic mass is 14.5. The first kappa shape index (κ1) is 12.5. The molecule has 1 aliphatic carbocycles. The maximum atomic E-state index is 8.87. The molecule has 0 spiro atoms. The summed E-state index contributed by atoms with van der Waals surface area (Å²) in [5, 5.41) is 35.5. The van der Waals surface area contributed by atoms with Crippen LogP contribution in [0.3, 0.4) is 0 Å². The second-order valence-corrected chi connectivity index (χ2v) is 4.37. The molecular formula is C13H10N4. The zero-order valence-corrected chi connectivity index (χ0v) is 9.87. The van der Waals surface area contributed by atoms with Crippen molar-refractivity contribution in [2.24, 2.45) is 11.3 Å². The molecule has 1 aliphatic rings. The molecule has 4 heteroatoms. The van der Waals surface area contributed by atoms with E-state index < -0.39 is 5.41 Å². The van der Waals surface area contributed by atoms with Gasteiger partial charge in [0.1, 0.15) is 35.4 Å². The lowest BCUT2D eigenvalue weighted by Gasteiger charge is -2.47. The summed E-state index contributed by atoms with van der Waals surface area (Å²) in [7, 11) is 0. The van der Waals surface area contributed by atoms with Gasteiger partial charge in [0.05, 0.1) is 0 Å². The first-order chi connectivity index (χ1) is 7.95. The van der Waals surface area contributed by atoms with E-state index in [1.165, 1.54) is 0 Å². The van der Waals surface area contributed by atoms with Crippen molar-refractivity contribution in [3.05, 3.63) is 22.3 Å². The van der Waals surface area contributed by atoms with Gasteiger partial charge in [-0.05, 0) is 11.1 Å². The van der Waals surface area contributed by atoms with E-state index in [-0.39, 0.29) is 17.1 Å². The molecule has 0 amide bonds. The third-order valence-electron chi connectivity index (χ3n) is 3.20. The van der Waals surface area contributed by atoms with Crippen LogP contribution in [0.2, 0.25) is 0 Å². The molecule has 0 heterocycles. The van der Waals surface area contributed by atoms with E-state index in [0.717, 1.165) is 0 Å².